The summed E-state index contributed by atoms with van der Waals surface area (Å²) in [5.41, 5.74) is 1.57. The van der Waals surface area contributed by atoms with Crippen LogP contribution in [-0.4, -0.2) is 43.0 Å². The van der Waals surface area contributed by atoms with Crippen LogP contribution < -0.4 is 14.2 Å². The molecule has 1 aliphatic heterocycles. The van der Waals surface area contributed by atoms with Crippen LogP contribution in [0.1, 0.15) is 22.7 Å². The van der Waals surface area contributed by atoms with E-state index in [0.717, 1.165) is 0 Å². The van der Waals surface area contributed by atoms with Crippen LogP contribution in [0, 0.1) is 0 Å². The highest BCUT2D eigenvalue weighted by Crippen LogP contribution is 2.43. The summed E-state index contributed by atoms with van der Waals surface area (Å²) >= 11 is 6.12. The highest BCUT2D eigenvalue weighted by atomic mass is 35.5. The number of rotatable bonds is 7. The van der Waals surface area contributed by atoms with Gasteiger partial charge in [0.05, 0.1) is 39.5 Å². The first kappa shape index (κ1) is 24.2. The molecule has 3 aromatic rings. The molecule has 1 amide bonds. The van der Waals surface area contributed by atoms with Gasteiger partial charge in [-0.15, -0.1) is 0 Å². The van der Waals surface area contributed by atoms with E-state index in [4.69, 9.17) is 25.8 Å². The molecule has 35 heavy (non-hydrogen) atoms. The van der Waals surface area contributed by atoms with Gasteiger partial charge in [-0.1, -0.05) is 48.0 Å². The Hall–Kier alpha value is -3.97. The zero-order valence-electron chi connectivity index (χ0n) is 19.4. The number of ketones is 1. The molecule has 1 N–H and O–H groups in total. The van der Waals surface area contributed by atoms with E-state index in [2.05, 4.69) is 0 Å². The van der Waals surface area contributed by atoms with E-state index >= 15 is 0 Å². The van der Waals surface area contributed by atoms with Crippen molar-refractivity contribution in [1.82, 2.24) is 4.90 Å². The molecule has 1 heterocycles. The lowest BCUT2D eigenvalue weighted by Gasteiger charge is -2.26. The molecule has 8 heteroatoms. The van der Waals surface area contributed by atoms with Crippen LogP contribution in [0.15, 0.2) is 72.3 Å². The van der Waals surface area contributed by atoms with Gasteiger partial charge in [-0.2, -0.15) is 0 Å². The number of carbonyl (C=O) groups excluding carboxylic acids is 2. The van der Waals surface area contributed by atoms with Crippen LogP contribution in [0.2, 0.25) is 5.02 Å². The van der Waals surface area contributed by atoms with Crippen LogP contribution in [-0.2, 0) is 16.1 Å². The van der Waals surface area contributed by atoms with E-state index in [0.29, 0.717) is 39.0 Å². The quantitative estimate of drug-likeness (QED) is 0.283. The first-order chi connectivity index (χ1) is 16.9. The molecule has 0 bridgehead atoms. The summed E-state index contributed by atoms with van der Waals surface area (Å²) in [7, 11) is 4.56. The zero-order chi connectivity index (χ0) is 25.1. The monoisotopic (exact) mass is 493 g/mol. The van der Waals surface area contributed by atoms with Crippen molar-refractivity contribution in [2.45, 2.75) is 12.6 Å². The summed E-state index contributed by atoms with van der Waals surface area (Å²) in [6.07, 6.45) is 0. The van der Waals surface area contributed by atoms with Crippen LogP contribution >= 0.6 is 11.6 Å². The molecule has 0 saturated carbocycles. The molecule has 1 unspecified atom stereocenters. The van der Waals surface area contributed by atoms with Crippen molar-refractivity contribution in [2.75, 3.05) is 21.3 Å². The number of hydrogen-bond donors (Lipinski definition) is 1. The molecule has 7 nitrogen and oxygen atoms in total. The summed E-state index contributed by atoms with van der Waals surface area (Å²) < 4.78 is 16.2. The maximum absolute atomic E-state index is 13.3. The number of hydrogen-bond acceptors (Lipinski definition) is 6. The van der Waals surface area contributed by atoms with Crippen LogP contribution in [0.5, 0.6) is 17.2 Å². The lowest BCUT2D eigenvalue weighted by Crippen LogP contribution is -2.29. The van der Waals surface area contributed by atoms with E-state index < -0.39 is 17.7 Å². The van der Waals surface area contributed by atoms with Gasteiger partial charge in [-0.25, -0.2) is 0 Å². The number of aliphatic hydroxyl groups is 1. The summed E-state index contributed by atoms with van der Waals surface area (Å²) in [6.45, 7) is 0.0833. The van der Waals surface area contributed by atoms with Crippen molar-refractivity contribution in [3.05, 3.63) is 94.0 Å². The highest BCUT2D eigenvalue weighted by molar-refractivity contribution is 6.46. The third kappa shape index (κ3) is 4.55. The predicted octanol–water partition coefficient (Wildman–Crippen LogP) is 4.99. The Morgan fingerprint density at radius 1 is 0.886 bits per heavy atom. The summed E-state index contributed by atoms with van der Waals surface area (Å²) in [5.74, 6) is -0.344. The van der Waals surface area contributed by atoms with Gasteiger partial charge in [0.1, 0.15) is 11.5 Å². The van der Waals surface area contributed by atoms with Crippen molar-refractivity contribution in [2.24, 2.45) is 0 Å². The minimum absolute atomic E-state index is 0.0422. The van der Waals surface area contributed by atoms with E-state index in [9.17, 15) is 14.7 Å². The number of nitrogens with zero attached hydrogens (tertiary/aromatic N) is 1. The third-order valence-corrected chi connectivity index (χ3v) is 6.13. The van der Waals surface area contributed by atoms with Gasteiger partial charge in [0, 0.05) is 16.1 Å². The van der Waals surface area contributed by atoms with Gasteiger partial charge in [0.2, 0.25) is 0 Å². The number of halogens is 1. The fraction of sp³-hybridized carbons (Fsp3) is 0.185. The highest BCUT2D eigenvalue weighted by Gasteiger charge is 2.46. The summed E-state index contributed by atoms with van der Waals surface area (Å²) in [5, 5.41) is 11.6. The van der Waals surface area contributed by atoms with Crippen molar-refractivity contribution in [3.63, 3.8) is 0 Å². The molecule has 1 fully saturated rings. The Labute approximate surface area is 208 Å². The first-order valence-corrected chi connectivity index (χ1v) is 11.2. The molecule has 180 valence electrons. The number of benzene rings is 3. The SMILES string of the molecule is COc1ccccc1CN1C(=O)C(=O)/C(=C(\O)c2cccc(Cl)c2)C1c1ccc(OC)c(OC)c1. The molecule has 0 radical (unpaired) electrons. The molecular weight excluding hydrogens is 470 g/mol. The van der Waals surface area contributed by atoms with Crippen molar-refractivity contribution < 1.29 is 28.9 Å². The standard InChI is InChI=1S/C27H24ClNO6/c1-33-20-10-5-4-7-18(20)15-29-24(16-11-12-21(34-2)22(14-16)35-3)23(26(31)27(29)32)25(30)17-8-6-9-19(28)13-17/h4-14,24,30H,15H2,1-3H3/b25-23-. The van der Waals surface area contributed by atoms with Gasteiger partial charge >= 0.3 is 0 Å². The van der Waals surface area contributed by atoms with E-state index in [1.54, 1.807) is 42.5 Å². The fourth-order valence-corrected chi connectivity index (χ4v) is 4.41. The number of para-hydroxylation sites is 1. The lowest BCUT2D eigenvalue weighted by atomic mass is 9.94. The molecule has 0 aromatic heterocycles. The topological polar surface area (TPSA) is 85.3 Å². The molecule has 0 spiro atoms. The number of methoxy groups -OCH3 is 3. The maximum atomic E-state index is 13.3. The minimum Gasteiger partial charge on any atom is -0.507 e. The molecule has 4 rings (SSSR count). The Morgan fingerprint density at radius 2 is 1.60 bits per heavy atom. The second-order valence-electron chi connectivity index (χ2n) is 7.86. The number of carbonyl (C=O) groups is 2. The van der Waals surface area contributed by atoms with E-state index in [-0.39, 0.29) is 17.9 Å². The van der Waals surface area contributed by atoms with Gasteiger partial charge in [0.15, 0.2) is 11.5 Å². The third-order valence-electron chi connectivity index (χ3n) is 5.89. The summed E-state index contributed by atoms with van der Waals surface area (Å²) in [4.78, 5) is 28.0. The second-order valence-corrected chi connectivity index (χ2v) is 8.30. The Balaban J connectivity index is 1.91. The zero-order valence-corrected chi connectivity index (χ0v) is 20.2. The van der Waals surface area contributed by atoms with Crippen LogP contribution in [0.3, 0.4) is 0 Å². The van der Waals surface area contributed by atoms with E-state index in [1.165, 1.54) is 32.3 Å². The Bertz CT molecular complexity index is 1320. The summed E-state index contributed by atoms with van der Waals surface area (Å²) in [6, 6.07) is 18.0. The molecule has 1 atom stereocenters. The minimum atomic E-state index is -0.890. The smallest absolute Gasteiger partial charge is 0.295 e. The lowest BCUT2D eigenvalue weighted by molar-refractivity contribution is -0.140. The first-order valence-electron chi connectivity index (χ1n) is 10.8. The van der Waals surface area contributed by atoms with Gasteiger partial charge in [-0.05, 0) is 35.9 Å². The fourth-order valence-electron chi connectivity index (χ4n) is 4.22. The molecule has 3 aromatic carbocycles. The van der Waals surface area contributed by atoms with Crippen molar-refractivity contribution >= 4 is 29.1 Å². The Morgan fingerprint density at radius 3 is 2.29 bits per heavy atom. The number of Topliss-reactive ketones (excluding diaryl/α,β-unsaturated/α-hetero) is 1. The van der Waals surface area contributed by atoms with Crippen molar-refractivity contribution in [3.8, 4) is 17.2 Å². The molecule has 1 saturated heterocycles. The molecular formula is C27H24ClNO6. The molecule has 0 aliphatic carbocycles. The van der Waals surface area contributed by atoms with Crippen LogP contribution in [0.4, 0.5) is 0 Å². The van der Waals surface area contributed by atoms with Gasteiger partial charge in [-0.3, -0.25) is 9.59 Å². The normalized spacial score (nSPS) is 16.9. The molecule has 1 aliphatic rings. The van der Waals surface area contributed by atoms with Gasteiger partial charge < -0.3 is 24.2 Å². The van der Waals surface area contributed by atoms with Crippen molar-refractivity contribution in [1.29, 1.82) is 0 Å². The van der Waals surface area contributed by atoms with E-state index in [1.807, 2.05) is 18.2 Å². The number of aliphatic hydroxyl groups excluding tert-OH is 1. The predicted molar refractivity (Wildman–Crippen MR) is 132 cm³/mol. The average Bonchev–Trinajstić information content (AvgIpc) is 3.13. The number of likely N-dealkylation sites (tertiary alicyclic amines) is 1. The van der Waals surface area contributed by atoms with Crippen LogP contribution in [0.25, 0.3) is 5.76 Å². The number of amides is 1. The average molecular weight is 494 g/mol. The Kier molecular flexibility index (Phi) is 6.98. The van der Waals surface area contributed by atoms with Gasteiger partial charge in [0.25, 0.3) is 11.7 Å². The maximum Gasteiger partial charge on any atom is 0.295 e. The number of ether oxygens (including phenoxy) is 3. The largest absolute Gasteiger partial charge is 0.507 e. The second kappa shape index (κ2) is 10.1.